The molecule has 0 saturated carbocycles. The van der Waals surface area contributed by atoms with E-state index < -0.39 is 5.60 Å². The molecule has 0 aliphatic carbocycles. The Morgan fingerprint density at radius 2 is 2.00 bits per heavy atom. The van der Waals surface area contributed by atoms with E-state index in [0.717, 1.165) is 16.9 Å². The number of rotatable bonds is 3. The first-order chi connectivity index (χ1) is 14.5. The molecule has 2 aliphatic rings. The number of hydrogen-bond donors (Lipinski definition) is 1. The molecule has 0 spiro atoms. The van der Waals surface area contributed by atoms with Crippen molar-refractivity contribution in [1.82, 2.24) is 19.5 Å². The number of nitrogens with zero attached hydrogens (tertiary/aromatic N) is 4. The summed E-state index contributed by atoms with van der Waals surface area (Å²) in [6, 6.07) is 11.0. The number of ether oxygens (including phenoxy) is 2. The maximum atomic E-state index is 12.9. The zero-order valence-corrected chi connectivity index (χ0v) is 16.8. The second-order valence-corrected chi connectivity index (χ2v) is 8.16. The molecule has 2 unspecified atom stereocenters. The minimum atomic E-state index is -1.10. The van der Waals surface area contributed by atoms with Gasteiger partial charge < -0.3 is 14.6 Å². The highest BCUT2D eigenvalue weighted by Crippen LogP contribution is 2.41. The Hall–Kier alpha value is -2.97. The molecule has 2 fully saturated rings. The SMILES string of the molecule is Cc1cc2ncc(C3(O)CC4COCC(C3)N4C(=O)OCc3ccccc3)cn2n1. The number of aryl methyl sites for hydroxylation is 1. The molecule has 4 heterocycles. The minimum Gasteiger partial charge on any atom is -0.445 e. The van der Waals surface area contributed by atoms with Crippen molar-refractivity contribution in [1.29, 1.82) is 0 Å². The third kappa shape index (κ3) is 3.42. The van der Waals surface area contributed by atoms with Gasteiger partial charge in [0.2, 0.25) is 0 Å². The number of carbonyl (C=O) groups is 1. The Bertz CT molecular complexity index is 1050. The average Bonchev–Trinajstić information content (AvgIpc) is 3.11. The second-order valence-electron chi connectivity index (χ2n) is 8.16. The third-order valence-electron chi connectivity index (χ3n) is 5.94. The number of aliphatic hydroxyl groups is 1. The monoisotopic (exact) mass is 408 g/mol. The molecule has 2 aromatic heterocycles. The van der Waals surface area contributed by atoms with E-state index in [1.54, 1.807) is 15.6 Å². The first kappa shape index (κ1) is 19.0. The Balaban J connectivity index is 1.35. The van der Waals surface area contributed by atoms with E-state index >= 15 is 0 Å². The van der Waals surface area contributed by atoms with Crippen LogP contribution >= 0.6 is 0 Å². The van der Waals surface area contributed by atoms with Crippen LogP contribution in [0.15, 0.2) is 48.8 Å². The van der Waals surface area contributed by atoms with Crippen LogP contribution in [0.3, 0.4) is 0 Å². The van der Waals surface area contributed by atoms with Gasteiger partial charge in [0.1, 0.15) is 6.61 Å². The van der Waals surface area contributed by atoms with Crippen molar-refractivity contribution >= 4 is 11.7 Å². The molecule has 8 heteroatoms. The molecule has 5 rings (SSSR count). The molecule has 1 aromatic carbocycles. The van der Waals surface area contributed by atoms with E-state index in [9.17, 15) is 9.90 Å². The molecule has 1 N–H and O–H groups in total. The maximum absolute atomic E-state index is 12.9. The second kappa shape index (κ2) is 7.37. The van der Waals surface area contributed by atoms with Crippen molar-refractivity contribution < 1.29 is 19.4 Å². The molecule has 2 aliphatic heterocycles. The Kier molecular flexibility index (Phi) is 4.67. The zero-order chi connectivity index (χ0) is 20.7. The molecule has 3 aromatic rings. The Labute approximate surface area is 174 Å². The highest BCUT2D eigenvalue weighted by Gasteiger charge is 2.49. The summed E-state index contributed by atoms with van der Waals surface area (Å²) in [5.41, 5.74) is 2.15. The van der Waals surface area contributed by atoms with Gasteiger partial charge in [-0.1, -0.05) is 30.3 Å². The van der Waals surface area contributed by atoms with Gasteiger partial charge in [-0.2, -0.15) is 5.10 Å². The number of morpholine rings is 1. The van der Waals surface area contributed by atoms with Crippen LogP contribution in [0.5, 0.6) is 0 Å². The van der Waals surface area contributed by atoms with Gasteiger partial charge >= 0.3 is 6.09 Å². The quantitative estimate of drug-likeness (QED) is 0.716. The standard InChI is InChI=1S/C22H24N4O4/c1-15-7-20-23-10-17(11-25(20)24-15)22(28)8-18-13-29-14-19(9-22)26(18)21(27)30-12-16-5-3-2-4-6-16/h2-7,10-11,18-19,28H,8-9,12-14H2,1H3. The topological polar surface area (TPSA) is 89.2 Å². The van der Waals surface area contributed by atoms with Gasteiger partial charge in [-0.25, -0.2) is 14.3 Å². The van der Waals surface area contributed by atoms with Crippen molar-refractivity contribution in [2.24, 2.45) is 0 Å². The predicted octanol–water partition coefficient (Wildman–Crippen LogP) is 2.43. The molecular weight excluding hydrogens is 384 g/mol. The van der Waals surface area contributed by atoms with Gasteiger partial charge in [0, 0.05) is 36.9 Å². The van der Waals surface area contributed by atoms with E-state index in [0.29, 0.717) is 31.6 Å². The fourth-order valence-electron chi connectivity index (χ4n) is 4.54. The van der Waals surface area contributed by atoms with Gasteiger partial charge in [-0.05, 0) is 12.5 Å². The number of benzene rings is 1. The maximum Gasteiger partial charge on any atom is 0.410 e. The van der Waals surface area contributed by atoms with E-state index in [4.69, 9.17) is 9.47 Å². The first-order valence-corrected chi connectivity index (χ1v) is 10.1. The highest BCUT2D eigenvalue weighted by molar-refractivity contribution is 5.69. The van der Waals surface area contributed by atoms with Crippen molar-refractivity contribution in [2.45, 2.75) is 44.1 Å². The van der Waals surface area contributed by atoms with Crippen LogP contribution in [0.1, 0.15) is 29.7 Å². The number of amides is 1. The number of hydrogen-bond acceptors (Lipinski definition) is 6. The first-order valence-electron chi connectivity index (χ1n) is 10.1. The largest absolute Gasteiger partial charge is 0.445 e. The van der Waals surface area contributed by atoms with Crippen LogP contribution in [0.4, 0.5) is 4.79 Å². The normalized spacial score (nSPS) is 26.0. The van der Waals surface area contributed by atoms with Gasteiger partial charge in [0.05, 0.1) is 36.6 Å². The van der Waals surface area contributed by atoms with Crippen LogP contribution < -0.4 is 0 Å². The number of fused-ring (bicyclic) bond motifs is 3. The van der Waals surface area contributed by atoms with Crippen molar-refractivity contribution in [2.75, 3.05) is 13.2 Å². The summed E-state index contributed by atoms with van der Waals surface area (Å²) in [7, 11) is 0. The summed E-state index contributed by atoms with van der Waals surface area (Å²) in [6.45, 7) is 2.87. The van der Waals surface area contributed by atoms with E-state index in [-0.39, 0.29) is 24.8 Å². The third-order valence-corrected chi connectivity index (χ3v) is 5.94. The molecule has 156 valence electrons. The molecule has 2 bridgehead atoms. The average molecular weight is 408 g/mol. The van der Waals surface area contributed by atoms with Crippen LogP contribution in [-0.4, -0.2) is 56.0 Å². The minimum absolute atomic E-state index is 0.222. The fraction of sp³-hybridized carbons (Fsp3) is 0.409. The van der Waals surface area contributed by atoms with E-state index in [1.165, 1.54) is 0 Å². The van der Waals surface area contributed by atoms with Crippen LogP contribution in [0.25, 0.3) is 5.65 Å². The van der Waals surface area contributed by atoms with Gasteiger partial charge in [-0.3, -0.25) is 4.90 Å². The molecular formula is C22H24N4O4. The Morgan fingerprint density at radius 1 is 1.27 bits per heavy atom. The lowest BCUT2D eigenvalue weighted by Gasteiger charge is -2.50. The molecule has 1 amide bonds. The van der Waals surface area contributed by atoms with Gasteiger partial charge in [0.25, 0.3) is 0 Å². The fourth-order valence-corrected chi connectivity index (χ4v) is 4.54. The van der Waals surface area contributed by atoms with Crippen LogP contribution in [-0.2, 0) is 21.7 Å². The summed E-state index contributed by atoms with van der Waals surface area (Å²) in [5.74, 6) is 0. The summed E-state index contributed by atoms with van der Waals surface area (Å²) in [4.78, 5) is 19.0. The van der Waals surface area contributed by atoms with Gasteiger partial charge in [-0.15, -0.1) is 0 Å². The summed E-state index contributed by atoms with van der Waals surface area (Å²) < 4.78 is 12.9. The number of piperidine rings is 1. The van der Waals surface area contributed by atoms with Gasteiger partial charge in [0.15, 0.2) is 5.65 Å². The molecule has 0 radical (unpaired) electrons. The zero-order valence-electron chi connectivity index (χ0n) is 16.8. The van der Waals surface area contributed by atoms with E-state index in [1.807, 2.05) is 49.5 Å². The smallest absolute Gasteiger partial charge is 0.410 e. The summed E-state index contributed by atoms with van der Waals surface area (Å²) >= 11 is 0. The van der Waals surface area contributed by atoms with Crippen molar-refractivity contribution in [3.05, 3.63) is 65.6 Å². The van der Waals surface area contributed by atoms with Crippen LogP contribution in [0.2, 0.25) is 0 Å². The lowest BCUT2D eigenvalue weighted by Crippen LogP contribution is -2.62. The van der Waals surface area contributed by atoms with E-state index in [2.05, 4.69) is 10.1 Å². The molecule has 2 saturated heterocycles. The predicted molar refractivity (Wildman–Crippen MR) is 108 cm³/mol. The number of carbonyl (C=O) groups excluding carboxylic acids is 1. The molecule has 8 nitrogen and oxygen atoms in total. The lowest BCUT2D eigenvalue weighted by molar-refractivity contribution is -0.137. The highest BCUT2D eigenvalue weighted by atomic mass is 16.6. The van der Waals surface area contributed by atoms with Crippen LogP contribution in [0, 0.1) is 6.92 Å². The summed E-state index contributed by atoms with van der Waals surface area (Å²) in [5, 5.41) is 15.9. The van der Waals surface area contributed by atoms with Crippen molar-refractivity contribution in [3.8, 4) is 0 Å². The number of aromatic nitrogens is 3. The Morgan fingerprint density at radius 3 is 2.73 bits per heavy atom. The molecule has 30 heavy (non-hydrogen) atoms. The molecule has 2 atom stereocenters. The lowest BCUT2D eigenvalue weighted by atomic mass is 9.78. The van der Waals surface area contributed by atoms with Crippen molar-refractivity contribution in [3.63, 3.8) is 0 Å². The summed E-state index contributed by atoms with van der Waals surface area (Å²) in [6.07, 6.45) is 3.89.